The molecule has 0 N–H and O–H groups in total. The van der Waals surface area contributed by atoms with Crippen molar-refractivity contribution < 1.29 is 9.18 Å². The van der Waals surface area contributed by atoms with Crippen molar-refractivity contribution in [2.45, 2.75) is 38.5 Å². The van der Waals surface area contributed by atoms with Crippen LogP contribution in [0.25, 0.3) is 0 Å². The minimum atomic E-state index is -0.240. The van der Waals surface area contributed by atoms with Crippen LogP contribution in [0.4, 0.5) is 10.2 Å². The van der Waals surface area contributed by atoms with E-state index in [1.165, 1.54) is 12.1 Å². The Morgan fingerprint density at radius 1 is 1.09 bits per heavy atom. The molecular formula is C26H29FN6O. The van der Waals surface area contributed by atoms with Crippen LogP contribution >= 0.6 is 0 Å². The van der Waals surface area contributed by atoms with Crippen molar-refractivity contribution in [2.24, 2.45) is 5.92 Å². The van der Waals surface area contributed by atoms with Gasteiger partial charge in [-0.1, -0.05) is 19.1 Å². The molecule has 2 saturated heterocycles. The molecule has 34 heavy (non-hydrogen) atoms. The van der Waals surface area contributed by atoms with Crippen LogP contribution in [0.15, 0.2) is 48.9 Å². The van der Waals surface area contributed by atoms with Gasteiger partial charge < -0.3 is 9.80 Å². The maximum Gasteiger partial charge on any atom is 0.229 e. The smallest absolute Gasteiger partial charge is 0.229 e. The zero-order chi connectivity index (χ0) is 23.5. The van der Waals surface area contributed by atoms with Gasteiger partial charge in [0.25, 0.3) is 0 Å². The van der Waals surface area contributed by atoms with Crippen molar-refractivity contribution in [1.82, 2.24) is 24.8 Å². The number of carbonyl (C=O) groups excluding carboxylic acids is 1. The molecule has 3 aromatic rings. The molecule has 1 aromatic carbocycles. The maximum absolute atomic E-state index is 13.3. The first-order valence-corrected chi connectivity index (χ1v) is 12.0. The Bertz CT molecular complexity index is 1130. The van der Waals surface area contributed by atoms with E-state index < -0.39 is 0 Å². The summed E-state index contributed by atoms with van der Waals surface area (Å²) in [6, 6.07) is 8.60. The molecule has 1 atom stereocenters. The Morgan fingerprint density at radius 3 is 2.56 bits per heavy atom. The predicted molar refractivity (Wildman–Crippen MR) is 127 cm³/mol. The molecule has 4 heterocycles. The summed E-state index contributed by atoms with van der Waals surface area (Å²) in [5.41, 5.74) is 2.77. The van der Waals surface area contributed by atoms with Gasteiger partial charge in [-0.2, -0.15) is 0 Å². The van der Waals surface area contributed by atoms with Gasteiger partial charge in [-0.3, -0.25) is 14.8 Å². The van der Waals surface area contributed by atoms with Crippen molar-refractivity contribution in [3.63, 3.8) is 0 Å². The van der Waals surface area contributed by atoms with Gasteiger partial charge in [0.15, 0.2) is 0 Å². The Kier molecular flexibility index (Phi) is 6.47. The number of benzene rings is 1. The van der Waals surface area contributed by atoms with Crippen LogP contribution in [-0.2, 0) is 17.6 Å². The van der Waals surface area contributed by atoms with E-state index in [2.05, 4.69) is 21.8 Å². The number of hydrogen-bond donors (Lipinski definition) is 0. The van der Waals surface area contributed by atoms with E-state index in [-0.39, 0.29) is 23.6 Å². The second kappa shape index (κ2) is 9.83. The topological polar surface area (TPSA) is 75.1 Å². The van der Waals surface area contributed by atoms with Gasteiger partial charge in [0.05, 0.1) is 17.3 Å². The Balaban J connectivity index is 1.34. The van der Waals surface area contributed by atoms with Gasteiger partial charge >= 0.3 is 0 Å². The lowest BCUT2D eigenvalue weighted by molar-refractivity contribution is -0.135. The first-order chi connectivity index (χ1) is 16.5. The summed E-state index contributed by atoms with van der Waals surface area (Å²) in [6.07, 6.45) is 8.49. The van der Waals surface area contributed by atoms with E-state index in [0.29, 0.717) is 25.9 Å². The number of carbonyl (C=O) groups is 1. The summed E-state index contributed by atoms with van der Waals surface area (Å²) in [5.74, 6) is 1.80. The summed E-state index contributed by atoms with van der Waals surface area (Å²) >= 11 is 0. The largest absolute Gasteiger partial charge is 0.355 e. The zero-order valence-electron chi connectivity index (χ0n) is 19.4. The quantitative estimate of drug-likeness (QED) is 0.538. The fourth-order valence-electron chi connectivity index (χ4n) is 4.69. The fourth-order valence-corrected chi connectivity index (χ4v) is 4.69. The third-order valence-corrected chi connectivity index (χ3v) is 6.69. The molecule has 176 valence electrons. The normalized spacial score (nSPS) is 17.0. The minimum Gasteiger partial charge on any atom is -0.355 e. The first-order valence-electron chi connectivity index (χ1n) is 12.0. The molecule has 8 heteroatoms. The van der Waals surface area contributed by atoms with Gasteiger partial charge in [-0.15, -0.1) is 0 Å². The van der Waals surface area contributed by atoms with Crippen LogP contribution < -0.4 is 4.90 Å². The summed E-state index contributed by atoms with van der Waals surface area (Å²) < 4.78 is 13.3. The van der Waals surface area contributed by atoms with Crippen LogP contribution in [0, 0.1) is 11.7 Å². The molecule has 2 aliphatic rings. The molecule has 0 saturated carbocycles. The second-order valence-corrected chi connectivity index (χ2v) is 9.30. The predicted octanol–water partition coefficient (Wildman–Crippen LogP) is 3.40. The van der Waals surface area contributed by atoms with E-state index in [9.17, 15) is 9.18 Å². The van der Waals surface area contributed by atoms with Crippen molar-refractivity contribution in [3.8, 4) is 0 Å². The number of likely N-dealkylation sites (tertiary alicyclic amines) is 1. The van der Waals surface area contributed by atoms with Crippen molar-refractivity contribution in [2.75, 3.05) is 31.1 Å². The van der Waals surface area contributed by atoms with E-state index in [4.69, 9.17) is 9.97 Å². The lowest BCUT2D eigenvalue weighted by atomic mass is 9.97. The highest BCUT2D eigenvalue weighted by molar-refractivity contribution is 5.82. The molecule has 2 aliphatic heterocycles. The van der Waals surface area contributed by atoms with Gasteiger partial charge in [0, 0.05) is 63.7 Å². The van der Waals surface area contributed by atoms with Crippen molar-refractivity contribution in [3.05, 3.63) is 77.5 Å². The molecule has 2 fully saturated rings. The fraction of sp³-hybridized carbons (Fsp3) is 0.423. The molecule has 0 unspecified atom stereocenters. The van der Waals surface area contributed by atoms with Crippen LogP contribution in [-0.4, -0.2) is 56.9 Å². The number of anilines is 1. The molecular weight excluding hydrogens is 431 g/mol. The highest BCUT2D eigenvalue weighted by Gasteiger charge is 2.37. The molecule has 0 aliphatic carbocycles. The number of nitrogens with zero attached hydrogens (tertiary/aromatic N) is 6. The SMILES string of the molecule is C[C@H](Cc1nc(Cc2cnccn2)cc(N2CC(C(=O)N3CCCC3)C2)n1)c1ccc(F)cc1. The minimum absolute atomic E-state index is 0.0399. The van der Waals surface area contributed by atoms with Crippen LogP contribution in [0.1, 0.15) is 48.5 Å². The molecule has 0 radical (unpaired) electrons. The first kappa shape index (κ1) is 22.4. The van der Waals surface area contributed by atoms with E-state index >= 15 is 0 Å². The Hall–Kier alpha value is -3.42. The number of amides is 1. The molecule has 0 bridgehead atoms. The molecule has 5 rings (SSSR count). The summed E-state index contributed by atoms with van der Waals surface area (Å²) in [6.45, 7) is 5.24. The number of rotatable bonds is 7. The Labute approximate surface area is 199 Å². The van der Waals surface area contributed by atoms with Crippen molar-refractivity contribution >= 4 is 11.7 Å². The van der Waals surface area contributed by atoms with Crippen LogP contribution in [0.5, 0.6) is 0 Å². The van der Waals surface area contributed by atoms with Gasteiger partial charge in [0.1, 0.15) is 17.5 Å². The average Bonchev–Trinajstić information content (AvgIpc) is 3.34. The zero-order valence-corrected chi connectivity index (χ0v) is 19.4. The van der Waals surface area contributed by atoms with Crippen LogP contribution in [0.3, 0.4) is 0 Å². The number of aromatic nitrogens is 4. The molecule has 7 nitrogen and oxygen atoms in total. The summed E-state index contributed by atoms with van der Waals surface area (Å²) in [5, 5.41) is 0. The maximum atomic E-state index is 13.3. The lowest BCUT2D eigenvalue weighted by Gasteiger charge is -2.40. The Morgan fingerprint density at radius 2 is 1.85 bits per heavy atom. The van der Waals surface area contributed by atoms with E-state index in [1.807, 2.05) is 23.1 Å². The van der Waals surface area contributed by atoms with Gasteiger partial charge in [-0.25, -0.2) is 14.4 Å². The molecule has 1 amide bonds. The third kappa shape index (κ3) is 5.05. The highest BCUT2D eigenvalue weighted by Crippen LogP contribution is 2.28. The standard InChI is InChI=1S/C26H29FN6O/c1-18(19-4-6-21(27)7-5-19)12-24-30-22(13-23-15-28-8-9-29-23)14-25(31-24)33-16-20(17-33)26(34)32-10-2-3-11-32/h4-9,14-15,18,20H,2-3,10-13,16-17H2,1H3/t18-/m1/s1. The van der Waals surface area contributed by atoms with Crippen molar-refractivity contribution in [1.29, 1.82) is 0 Å². The molecule has 2 aromatic heterocycles. The van der Waals surface area contributed by atoms with Gasteiger partial charge in [-0.05, 0) is 36.5 Å². The van der Waals surface area contributed by atoms with E-state index in [1.54, 1.807) is 18.6 Å². The lowest BCUT2D eigenvalue weighted by Crippen LogP contribution is -2.54. The molecule has 0 spiro atoms. The summed E-state index contributed by atoms with van der Waals surface area (Å²) in [4.78, 5) is 35.1. The number of halogens is 1. The highest BCUT2D eigenvalue weighted by atomic mass is 19.1. The third-order valence-electron chi connectivity index (χ3n) is 6.69. The number of hydrogen-bond acceptors (Lipinski definition) is 6. The summed E-state index contributed by atoms with van der Waals surface area (Å²) in [7, 11) is 0. The average molecular weight is 461 g/mol. The van der Waals surface area contributed by atoms with Gasteiger partial charge in [0.2, 0.25) is 5.91 Å². The van der Waals surface area contributed by atoms with E-state index in [0.717, 1.165) is 54.5 Å². The monoisotopic (exact) mass is 460 g/mol. The second-order valence-electron chi connectivity index (χ2n) is 9.30. The van der Waals surface area contributed by atoms with Crippen LogP contribution in [0.2, 0.25) is 0 Å².